The van der Waals surface area contributed by atoms with Gasteiger partial charge in [-0.2, -0.15) is 0 Å². The largest absolute Gasteiger partial charge is 0.453 e. The Bertz CT molecular complexity index is 348. The van der Waals surface area contributed by atoms with Gasteiger partial charge in [0.05, 0.1) is 13.2 Å². The molecule has 136 valence electrons. The molecule has 23 heavy (non-hydrogen) atoms. The fraction of sp³-hybridized carbons (Fsp3) is 0.923. The molecule has 5 atom stereocenters. The molecule has 1 amide bonds. The van der Waals surface area contributed by atoms with Gasteiger partial charge >= 0.3 is 6.09 Å². The third-order valence-corrected chi connectivity index (χ3v) is 4.13. The van der Waals surface area contributed by atoms with Crippen LogP contribution in [0.3, 0.4) is 0 Å². The number of hydrogen-bond donors (Lipinski definition) is 1. The molecule has 1 saturated heterocycles. The standard InChI is InChI=1S/C13H24INO8/c1-17-6-21-10-8(5-14)23-12(19-3)9(15-13(16)20-4)11(10)22-7-18-2/h8-12H,5-7H2,1-4H3,(H,15,16)/t8-,9-,10-,11-,12+/m1/s1. The smallest absolute Gasteiger partial charge is 0.407 e. The highest BCUT2D eigenvalue weighted by molar-refractivity contribution is 14.1. The van der Waals surface area contributed by atoms with E-state index in [0.29, 0.717) is 4.43 Å². The number of amides is 1. The molecule has 10 heteroatoms. The van der Waals surface area contributed by atoms with E-state index in [1.807, 2.05) is 0 Å². The van der Waals surface area contributed by atoms with E-state index in [9.17, 15) is 4.79 Å². The molecule has 0 aromatic rings. The monoisotopic (exact) mass is 449 g/mol. The number of ether oxygens (including phenoxy) is 7. The topological polar surface area (TPSA) is 93.7 Å². The summed E-state index contributed by atoms with van der Waals surface area (Å²) in [5.74, 6) is 0. The number of alkyl halides is 1. The number of carbonyl (C=O) groups is 1. The lowest BCUT2D eigenvalue weighted by atomic mass is 9.97. The summed E-state index contributed by atoms with van der Waals surface area (Å²) in [7, 11) is 5.80. The first kappa shape index (κ1) is 20.8. The highest BCUT2D eigenvalue weighted by atomic mass is 127. The summed E-state index contributed by atoms with van der Waals surface area (Å²) >= 11 is 2.19. The summed E-state index contributed by atoms with van der Waals surface area (Å²) in [6.07, 6.45) is -2.67. The van der Waals surface area contributed by atoms with Gasteiger partial charge in [-0.15, -0.1) is 0 Å². The van der Waals surface area contributed by atoms with Crippen LogP contribution >= 0.6 is 22.6 Å². The zero-order chi connectivity index (χ0) is 17.2. The number of carbonyl (C=O) groups excluding carboxylic acids is 1. The fourth-order valence-electron chi connectivity index (χ4n) is 2.27. The third kappa shape index (κ3) is 5.96. The maximum absolute atomic E-state index is 11.6. The van der Waals surface area contributed by atoms with Crippen LogP contribution in [0.4, 0.5) is 4.79 Å². The summed E-state index contributed by atoms with van der Waals surface area (Å²) < 4.78 is 37.9. The zero-order valence-corrected chi connectivity index (χ0v) is 15.8. The SMILES string of the molecule is COCO[C@@H]1[C@@H](NC(=O)OC)[C@@H](OC)O[C@H](CI)[C@H]1OCOC. The molecule has 0 saturated carbocycles. The molecule has 0 aromatic carbocycles. The van der Waals surface area contributed by atoms with Crippen molar-refractivity contribution in [1.29, 1.82) is 0 Å². The molecule has 1 N–H and O–H groups in total. The van der Waals surface area contributed by atoms with Crippen molar-refractivity contribution in [1.82, 2.24) is 5.32 Å². The first-order valence-electron chi connectivity index (χ1n) is 6.92. The van der Waals surface area contributed by atoms with Gasteiger partial charge in [0, 0.05) is 25.8 Å². The average Bonchev–Trinajstić information content (AvgIpc) is 2.58. The van der Waals surface area contributed by atoms with Gasteiger partial charge in [0.25, 0.3) is 0 Å². The molecule has 0 radical (unpaired) electrons. The van der Waals surface area contributed by atoms with E-state index in [1.165, 1.54) is 28.4 Å². The molecule has 0 aromatic heterocycles. The van der Waals surface area contributed by atoms with E-state index >= 15 is 0 Å². The Hall–Kier alpha value is -0.240. The second-order valence-electron chi connectivity index (χ2n) is 4.67. The van der Waals surface area contributed by atoms with Crippen molar-refractivity contribution in [2.24, 2.45) is 0 Å². The van der Waals surface area contributed by atoms with Crippen molar-refractivity contribution in [3.8, 4) is 0 Å². The zero-order valence-electron chi connectivity index (χ0n) is 13.7. The van der Waals surface area contributed by atoms with E-state index < -0.39 is 30.6 Å². The fourth-order valence-corrected chi connectivity index (χ4v) is 2.98. The molecule has 1 rings (SSSR count). The molecule has 1 aliphatic rings. The Balaban J connectivity index is 3.00. The molecular weight excluding hydrogens is 425 g/mol. The summed E-state index contributed by atoms with van der Waals surface area (Å²) in [6, 6.07) is -0.636. The van der Waals surface area contributed by atoms with Gasteiger partial charge in [-0.25, -0.2) is 4.79 Å². The quantitative estimate of drug-likeness (QED) is 0.309. The van der Waals surface area contributed by atoms with Crippen LogP contribution in [0.15, 0.2) is 0 Å². The van der Waals surface area contributed by atoms with Crippen LogP contribution in [0.1, 0.15) is 0 Å². The van der Waals surface area contributed by atoms with E-state index in [1.54, 1.807) is 0 Å². The summed E-state index contributed by atoms with van der Waals surface area (Å²) in [5.41, 5.74) is 0. The predicted octanol–water partition coefficient (Wildman–Crippen LogP) is 0.496. The van der Waals surface area contributed by atoms with Crippen molar-refractivity contribution in [3.63, 3.8) is 0 Å². The highest BCUT2D eigenvalue weighted by Crippen LogP contribution is 2.28. The van der Waals surface area contributed by atoms with E-state index in [2.05, 4.69) is 32.6 Å². The molecule has 1 heterocycles. The molecule has 0 aliphatic carbocycles. The van der Waals surface area contributed by atoms with Crippen LogP contribution in [0.25, 0.3) is 0 Å². The lowest BCUT2D eigenvalue weighted by Gasteiger charge is -2.45. The maximum atomic E-state index is 11.6. The Morgan fingerprint density at radius 1 is 1.09 bits per heavy atom. The number of alkyl carbamates (subject to hydrolysis) is 1. The van der Waals surface area contributed by atoms with Crippen LogP contribution in [0.5, 0.6) is 0 Å². The molecule has 9 nitrogen and oxygen atoms in total. The molecule has 0 spiro atoms. The number of methoxy groups -OCH3 is 4. The number of halogens is 1. The first-order chi connectivity index (χ1) is 11.1. The molecule has 1 fully saturated rings. The minimum atomic E-state index is -0.710. The molecular formula is C13H24INO8. The van der Waals surface area contributed by atoms with Crippen molar-refractivity contribution >= 4 is 28.7 Å². The number of nitrogens with one attached hydrogen (secondary N) is 1. The van der Waals surface area contributed by atoms with E-state index in [4.69, 9.17) is 28.4 Å². The van der Waals surface area contributed by atoms with Gasteiger partial charge in [0.15, 0.2) is 6.29 Å². The highest BCUT2D eigenvalue weighted by Gasteiger charge is 2.48. The Morgan fingerprint density at radius 2 is 1.70 bits per heavy atom. The summed E-state index contributed by atoms with van der Waals surface area (Å²) in [6.45, 7) is 0.0951. The van der Waals surface area contributed by atoms with E-state index in [0.717, 1.165) is 0 Å². The molecule has 0 unspecified atom stereocenters. The normalized spacial score (nSPS) is 30.9. The van der Waals surface area contributed by atoms with Crippen molar-refractivity contribution in [2.45, 2.75) is 30.6 Å². The Morgan fingerprint density at radius 3 is 2.17 bits per heavy atom. The van der Waals surface area contributed by atoms with E-state index in [-0.39, 0.29) is 19.7 Å². The first-order valence-corrected chi connectivity index (χ1v) is 8.45. The average molecular weight is 449 g/mol. The summed E-state index contributed by atoms with van der Waals surface area (Å²) in [4.78, 5) is 11.6. The van der Waals surface area contributed by atoms with Gasteiger partial charge in [0.1, 0.15) is 31.8 Å². The van der Waals surface area contributed by atoms with Gasteiger partial charge in [-0.1, -0.05) is 22.6 Å². The van der Waals surface area contributed by atoms with Crippen LogP contribution in [0, 0.1) is 0 Å². The van der Waals surface area contributed by atoms with Crippen LogP contribution in [0.2, 0.25) is 0 Å². The minimum absolute atomic E-state index is 0.0290. The summed E-state index contributed by atoms with van der Waals surface area (Å²) in [5, 5.41) is 2.66. The second-order valence-corrected chi connectivity index (χ2v) is 5.55. The van der Waals surface area contributed by atoms with Crippen LogP contribution in [-0.2, 0) is 33.2 Å². The lowest BCUT2D eigenvalue weighted by Crippen LogP contribution is -2.65. The maximum Gasteiger partial charge on any atom is 0.407 e. The van der Waals surface area contributed by atoms with Crippen molar-refractivity contribution in [2.75, 3.05) is 46.5 Å². The van der Waals surface area contributed by atoms with Crippen LogP contribution in [-0.4, -0.2) is 83.2 Å². The minimum Gasteiger partial charge on any atom is -0.453 e. The Kier molecular flexibility index (Phi) is 10.3. The van der Waals surface area contributed by atoms with Crippen molar-refractivity contribution < 1.29 is 38.0 Å². The third-order valence-electron chi connectivity index (χ3n) is 3.26. The predicted molar refractivity (Wildman–Crippen MR) is 87.4 cm³/mol. The second kappa shape index (κ2) is 11.3. The molecule has 0 bridgehead atoms. The van der Waals surface area contributed by atoms with Gasteiger partial charge in [-0.3, -0.25) is 0 Å². The van der Waals surface area contributed by atoms with Gasteiger partial charge in [-0.05, 0) is 0 Å². The Labute approximate surface area is 149 Å². The van der Waals surface area contributed by atoms with Gasteiger partial charge < -0.3 is 38.5 Å². The van der Waals surface area contributed by atoms with Gasteiger partial charge in [0.2, 0.25) is 0 Å². The number of hydrogen-bond acceptors (Lipinski definition) is 8. The van der Waals surface area contributed by atoms with Crippen LogP contribution < -0.4 is 5.32 Å². The lowest BCUT2D eigenvalue weighted by molar-refractivity contribution is -0.285. The molecule has 1 aliphatic heterocycles. The number of rotatable bonds is 9. The van der Waals surface area contributed by atoms with Crippen molar-refractivity contribution in [3.05, 3.63) is 0 Å².